The summed E-state index contributed by atoms with van der Waals surface area (Å²) in [4.78, 5) is 9.39. The molecule has 1 saturated heterocycles. The van der Waals surface area contributed by atoms with Gasteiger partial charge in [0.15, 0.2) is 0 Å². The van der Waals surface area contributed by atoms with Gasteiger partial charge in [0.1, 0.15) is 0 Å². The smallest absolute Gasteiger partial charge is 0.357 e. The molecule has 3 aromatic carbocycles. The summed E-state index contributed by atoms with van der Waals surface area (Å²) >= 11 is -0.0771. The maximum Gasteiger partial charge on any atom is 0.446 e. The van der Waals surface area contributed by atoms with Gasteiger partial charge < -0.3 is 4.90 Å². The minimum Gasteiger partial charge on any atom is -0.357 e. The van der Waals surface area contributed by atoms with Crippen molar-refractivity contribution < 1.29 is 13.2 Å². The summed E-state index contributed by atoms with van der Waals surface area (Å²) in [6, 6.07) is 27.6. The maximum atomic E-state index is 12.7. The van der Waals surface area contributed by atoms with Crippen LogP contribution >= 0.6 is 11.8 Å². The third kappa shape index (κ3) is 5.37. The molecule has 4 aromatic rings. The van der Waals surface area contributed by atoms with E-state index in [4.69, 9.17) is 0 Å². The third-order valence-corrected chi connectivity index (χ3v) is 6.90. The largest absolute Gasteiger partial charge is 0.446 e. The van der Waals surface area contributed by atoms with Crippen LogP contribution in [0.4, 0.5) is 18.9 Å². The zero-order valence-electron chi connectivity index (χ0n) is 18.4. The number of benzene rings is 3. The van der Waals surface area contributed by atoms with E-state index in [1.54, 1.807) is 24.3 Å². The fourth-order valence-electron chi connectivity index (χ4n) is 4.58. The van der Waals surface area contributed by atoms with Crippen molar-refractivity contribution in [1.29, 1.82) is 0 Å². The van der Waals surface area contributed by atoms with E-state index in [1.165, 1.54) is 11.1 Å². The van der Waals surface area contributed by atoms with Crippen LogP contribution in [-0.2, 0) is 13.0 Å². The van der Waals surface area contributed by atoms with Crippen molar-refractivity contribution in [3.8, 4) is 0 Å². The number of hydrogen-bond donors (Lipinski definition) is 0. The topological polar surface area (TPSA) is 19.4 Å². The Hall–Kier alpha value is -3.03. The quantitative estimate of drug-likeness (QED) is 0.285. The van der Waals surface area contributed by atoms with Gasteiger partial charge in [0.2, 0.25) is 0 Å². The van der Waals surface area contributed by atoms with Crippen LogP contribution in [0.3, 0.4) is 0 Å². The van der Waals surface area contributed by atoms with Crippen molar-refractivity contribution in [2.75, 3.05) is 18.1 Å². The molecule has 1 atom stereocenters. The number of anilines is 1. The van der Waals surface area contributed by atoms with Crippen molar-refractivity contribution in [3.05, 3.63) is 102 Å². The van der Waals surface area contributed by atoms with Crippen LogP contribution in [0.25, 0.3) is 10.9 Å². The van der Waals surface area contributed by atoms with Crippen LogP contribution in [0.15, 0.2) is 96.0 Å². The first-order valence-corrected chi connectivity index (χ1v) is 12.0. The summed E-state index contributed by atoms with van der Waals surface area (Å²) in [5.41, 5.74) is 0.137. The predicted molar refractivity (Wildman–Crippen MR) is 132 cm³/mol. The zero-order chi connectivity index (χ0) is 23.5. The molecule has 7 heteroatoms. The molecule has 1 aromatic heterocycles. The van der Waals surface area contributed by atoms with Gasteiger partial charge in [-0.1, -0.05) is 48.5 Å². The van der Waals surface area contributed by atoms with Gasteiger partial charge in [-0.2, -0.15) is 13.2 Å². The van der Waals surface area contributed by atoms with E-state index >= 15 is 0 Å². The molecule has 0 spiro atoms. The highest BCUT2D eigenvalue weighted by Gasteiger charge is 2.32. The molecule has 0 aliphatic carbocycles. The number of halogens is 3. The van der Waals surface area contributed by atoms with Gasteiger partial charge in [0.05, 0.1) is 12.2 Å². The Bertz CT molecular complexity index is 1240. The standard InChI is InChI=1S/C27H24F3N3S/c28-27(29,30)34-24-12-10-22(11-13-24)33-18-23(16-20-6-2-1-3-7-20)32(19-33)17-21-14-15-31-26-9-5-4-8-25(21)26/h1-15,23H,16-19H2/t23-/m1/s1. The SMILES string of the molecule is FC(F)(F)Sc1ccc(N2C[C@@H](Cc3ccccc3)N(Cc3ccnc4ccccc34)C2)cc1. The van der Waals surface area contributed by atoms with Crippen LogP contribution in [0.5, 0.6) is 0 Å². The Kier molecular flexibility index (Phi) is 6.48. The first-order valence-electron chi connectivity index (χ1n) is 11.2. The van der Waals surface area contributed by atoms with Crippen LogP contribution in [0.1, 0.15) is 11.1 Å². The van der Waals surface area contributed by atoms with Gasteiger partial charge in [-0.05, 0) is 65.7 Å². The number of para-hydroxylation sites is 1. The summed E-state index contributed by atoms with van der Waals surface area (Å²) in [7, 11) is 0. The summed E-state index contributed by atoms with van der Waals surface area (Å²) in [5, 5.41) is 1.15. The second-order valence-corrected chi connectivity index (χ2v) is 9.62. The lowest BCUT2D eigenvalue weighted by Gasteiger charge is -2.24. The van der Waals surface area contributed by atoms with E-state index < -0.39 is 5.51 Å². The molecule has 0 unspecified atom stereocenters. The molecule has 1 aliphatic heterocycles. The highest BCUT2D eigenvalue weighted by atomic mass is 32.2. The second-order valence-electron chi connectivity index (χ2n) is 8.48. The number of aromatic nitrogens is 1. The van der Waals surface area contributed by atoms with Crippen LogP contribution < -0.4 is 4.90 Å². The van der Waals surface area contributed by atoms with Gasteiger partial charge in [-0.3, -0.25) is 9.88 Å². The average Bonchev–Trinajstić information content (AvgIpc) is 3.21. The van der Waals surface area contributed by atoms with E-state index in [9.17, 15) is 13.2 Å². The fourth-order valence-corrected chi connectivity index (χ4v) is 5.12. The molecule has 34 heavy (non-hydrogen) atoms. The molecular weight excluding hydrogens is 455 g/mol. The van der Waals surface area contributed by atoms with E-state index in [0.29, 0.717) is 6.67 Å². The van der Waals surface area contributed by atoms with Crippen molar-refractivity contribution in [3.63, 3.8) is 0 Å². The van der Waals surface area contributed by atoms with Crippen molar-refractivity contribution >= 4 is 28.4 Å². The first-order chi connectivity index (χ1) is 16.4. The lowest BCUT2D eigenvalue weighted by Crippen LogP contribution is -2.32. The summed E-state index contributed by atoms with van der Waals surface area (Å²) in [5.74, 6) is 0. The highest BCUT2D eigenvalue weighted by molar-refractivity contribution is 8.00. The number of rotatable bonds is 6. The second kappa shape index (κ2) is 9.68. The molecule has 2 heterocycles. The molecule has 1 aliphatic rings. The van der Waals surface area contributed by atoms with Crippen LogP contribution in [0.2, 0.25) is 0 Å². The zero-order valence-corrected chi connectivity index (χ0v) is 19.3. The van der Waals surface area contributed by atoms with Gasteiger partial charge in [-0.25, -0.2) is 0 Å². The minimum atomic E-state index is -4.28. The normalized spacial score (nSPS) is 16.9. The fraction of sp³-hybridized carbons (Fsp3) is 0.222. The van der Waals surface area contributed by atoms with Gasteiger partial charge in [0, 0.05) is 41.3 Å². The number of fused-ring (bicyclic) bond motifs is 1. The molecule has 5 rings (SSSR count). The number of alkyl halides is 3. The molecule has 0 saturated carbocycles. The number of hydrogen-bond acceptors (Lipinski definition) is 4. The molecule has 0 amide bonds. The Morgan fingerprint density at radius 2 is 1.62 bits per heavy atom. The molecule has 0 bridgehead atoms. The van der Waals surface area contributed by atoms with E-state index in [2.05, 4.69) is 51.2 Å². The molecule has 174 valence electrons. The Balaban J connectivity index is 1.39. The monoisotopic (exact) mass is 479 g/mol. The number of nitrogens with zero attached hydrogens (tertiary/aromatic N) is 3. The van der Waals surface area contributed by atoms with Crippen LogP contribution in [-0.4, -0.2) is 34.6 Å². The molecule has 0 N–H and O–H groups in total. The van der Waals surface area contributed by atoms with Gasteiger partial charge >= 0.3 is 5.51 Å². The van der Waals surface area contributed by atoms with Gasteiger partial charge in [-0.15, -0.1) is 0 Å². The average molecular weight is 480 g/mol. The summed E-state index contributed by atoms with van der Waals surface area (Å²) < 4.78 is 38.1. The highest BCUT2D eigenvalue weighted by Crippen LogP contribution is 2.37. The van der Waals surface area contributed by atoms with Gasteiger partial charge in [0.25, 0.3) is 0 Å². The van der Waals surface area contributed by atoms with E-state index in [1.807, 2.05) is 30.5 Å². The molecule has 3 nitrogen and oxygen atoms in total. The first kappa shape index (κ1) is 22.7. The molecule has 0 radical (unpaired) electrons. The number of thioether (sulfide) groups is 1. The molecule has 1 fully saturated rings. The lowest BCUT2D eigenvalue weighted by atomic mass is 10.0. The Morgan fingerprint density at radius 3 is 2.38 bits per heavy atom. The number of pyridine rings is 1. The molecular formula is C27H24F3N3S. The van der Waals surface area contributed by atoms with Crippen molar-refractivity contribution in [2.24, 2.45) is 0 Å². The summed E-state index contributed by atoms with van der Waals surface area (Å²) in [6.07, 6.45) is 2.76. The van der Waals surface area contributed by atoms with Crippen LogP contribution in [0, 0.1) is 0 Å². The minimum absolute atomic E-state index is 0.0771. The summed E-state index contributed by atoms with van der Waals surface area (Å²) in [6.45, 7) is 2.29. The van der Waals surface area contributed by atoms with Crippen molar-refractivity contribution in [1.82, 2.24) is 9.88 Å². The Morgan fingerprint density at radius 1 is 0.882 bits per heavy atom. The van der Waals surface area contributed by atoms with E-state index in [0.717, 1.165) is 36.1 Å². The lowest BCUT2D eigenvalue weighted by molar-refractivity contribution is -0.0328. The Labute approximate surface area is 201 Å². The predicted octanol–water partition coefficient (Wildman–Crippen LogP) is 6.74. The maximum absolute atomic E-state index is 12.7. The van der Waals surface area contributed by atoms with E-state index in [-0.39, 0.29) is 22.7 Å². The third-order valence-electron chi connectivity index (χ3n) is 6.16. The van der Waals surface area contributed by atoms with Crippen molar-refractivity contribution in [2.45, 2.75) is 29.4 Å².